The van der Waals surface area contributed by atoms with Gasteiger partial charge in [-0.1, -0.05) is 6.07 Å². The van der Waals surface area contributed by atoms with Crippen molar-refractivity contribution in [2.45, 2.75) is 6.92 Å². The zero-order chi connectivity index (χ0) is 11.3. The van der Waals surface area contributed by atoms with Gasteiger partial charge in [0.2, 0.25) is 0 Å². The molecule has 0 saturated carbocycles. The highest BCUT2D eigenvalue weighted by molar-refractivity contribution is 6.11. The van der Waals surface area contributed by atoms with Crippen molar-refractivity contribution in [3.63, 3.8) is 0 Å². The van der Waals surface area contributed by atoms with Crippen molar-refractivity contribution >= 4 is 17.9 Å². The molecule has 0 bridgehead atoms. The number of aliphatic hydroxyl groups is 1. The minimum Gasteiger partial charge on any atom is -0.515 e. The van der Waals surface area contributed by atoms with E-state index in [2.05, 4.69) is 9.98 Å². The van der Waals surface area contributed by atoms with Crippen LogP contribution in [0.15, 0.2) is 35.2 Å². The number of primary amides is 1. The second-order valence-electron chi connectivity index (χ2n) is 2.90. The van der Waals surface area contributed by atoms with Crippen LogP contribution in [-0.4, -0.2) is 22.2 Å². The number of amides is 1. The van der Waals surface area contributed by atoms with Gasteiger partial charge in [0, 0.05) is 12.4 Å². The van der Waals surface area contributed by atoms with Crippen LogP contribution in [0, 0.1) is 6.92 Å². The van der Waals surface area contributed by atoms with E-state index >= 15 is 0 Å². The van der Waals surface area contributed by atoms with Gasteiger partial charge in [0.05, 0.1) is 11.8 Å². The molecule has 0 aliphatic heterocycles. The molecular weight excluding hydrogens is 194 g/mol. The first kappa shape index (κ1) is 10.9. The number of aryl methyl sites for hydroxylation is 1. The summed E-state index contributed by atoms with van der Waals surface area (Å²) in [5, 5.41) is 8.64. The Bertz CT molecular complexity index is 407. The third-order valence-corrected chi connectivity index (χ3v) is 1.66. The Morgan fingerprint density at radius 2 is 2.33 bits per heavy atom. The molecule has 5 heteroatoms. The van der Waals surface area contributed by atoms with E-state index < -0.39 is 5.91 Å². The summed E-state index contributed by atoms with van der Waals surface area (Å²) >= 11 is 0. The summed E-state index contributed by atoms with van der Waals surface area (Å²) < 4.78 is 0. The molecule has 1 heterocycles. The smallest absolute Gasteiger partial charge is 0.253 e. The van der Waals surface area contributed by atoms with Crippen molar-refractivity contribution in [2.75, 3.05) is 0 Å². The zero-order valence-electron chi connectivity index (χ0n) is 8.21. The highest BCUT2D eigenvalue weighted by Crippen LogP contribution is 2.07. The maximum atomic E-state index is 10.7. The molecule has 1 aromatic heterocycles. The van der Waals surface area contributed by atoms with E-state index in [0.717, 1.165) is 5.56 Å². The quantitative estimate of drug-likeness (QED) is 0.438. The van der Waals surface area contributed by atoms with Gasteiger partial charge in [-0.2, -0.15) is 0 Å². The molecule has 1 amide bonds. The molecule has 15 heavy (non-hydrogen) atoms. The Morgan fingerprint density at radius 3 is 2.80 bits per heavy atom. The third kappa shape index (κ3) is 3.22. The number of carbonyl (C=O) groups excluding carboxylic acids is 1. The summed E-state index contributed by atoms with van der Waals surface area (Å²) in [4.78, 5) is 18.5. The second-order valence-corrected chi connectivity index (χ2v) is 2.90. The maximum Gasteiger partial charge on any atom is 0.253 e. The fourth-order valence-corrected chi connectivity index (χ4v) is 0.833. The molecular formula is C10H11N3O2. The summed E-state index contributed by atoms with van der Waals surface area (Å²) in [6, 6.07) is 3.54. The minimum absolute atomic E-state index is 0.0719. The number of hydrogen-bond donors (Lipinski definition) is 2. The van der Waals surface area contributed by atoms with Gasteiger partial charge in [0.1, 0.15) is 0 Å². The van der Waals surface area contributed by atoms with Gasteiger partial charge in [-0.15, -0.1) is 0 Å². The fraction of sp³-hybridized carbons (Fsp3) is 0.100. The minimum atomic E-state index is -0.742. The monoisotopic (exact) mass is 205 g/mol. The van der Waals surface area contributed by atoms with E-state index in [1.54, 1.807) is 12.3 Å². The first-order valence-electron chi connectivity index (χ1n) is 4.24. The zero-order valence-corrected chi connectivity index (χ0v) is 8.21. The van der Waals surface area contributed by atoms with Gasteiger partial charge in [0.25, 0.3) is 5.91 Å². The number of aliphatic imine (C=N–C) groups is 1. The number of nitrogens with two attached hydrogens (primary N) is 1. The van der Waals surface area contributed by atoms with Crippen LogP contribution >= 0.6 is 0 Å². The Morgan fingerprint density at radius 1 is 1.60 bits per heavy atom. The van der Waals surface area contributed by atoms with E-state index in [4.69, 9.17) is 10.8 Å². The number of hydrogen-bond acceptors (Lipinski definition) is 4. The predicted octanol–water partition coefficient (Wildman–Crippen LogP) is 1.02. The molecule has 0 radical (unpaired) electrons. The van der Waals surface area contributed by atoms with Crippen LogP contribution in [0.1, 0.15) is 5.56 Å². The van der Waals surface area contributed by atoms with E-state index in [9.17, 15) is 4.79 Å². The second kappa shape index (κ2) is 4.90. The van der Waals surface area contributed by atoms with E-state index in [1.165, 1.54) is 6.21 Å². The van der Waals surface area contributed by atoms with E-state index in [0.29, 0.717) is 12.1 Å². The standard InChI is InChI=1S/C10H11N3O2/c1-7-2-3-9(12-4-7)13-5-8(6-14)10(11)15/h2-6,14H,1H3,(H2,11,15)/b8-6-,13-5?. The molecule has 0 aliphatic carbocycles. The Hall–Kier alpha value is -2.17. The Kier molecular flexibility index (Phi) is 3.56. The maximum absolute atomic E-state index is 10.7. The summed E-state index contributed by atoms with van der Waals surface area (Å²) in [5.41, 5.74) is 5.90. The highest BCUT2D eigenvalue weighted by Gasteiger charge is 2.00. The SMILES string of the molecule is Cc1ccc(N=C/C(=C/O)C(N)=O)nc1. The lowest BCUT2D eigenvalue weighted by molar-refractivity contribution is -0.114. The van der Waals surface area contributed by atoms with Crippen molar-refractivity contribution in [1.82, 2.24) is 4.98 Å². The topological polar surface area (TPSA) is 88.6 Å². The molecule has 0 aliphatic rings. The third-order valence-electron chi connectivity index (χ3n) is 1.66. The molecule has 0 spiro atoms. The van der Waals surface area contributed by atoms with Crippen LogP contribution in [0.3, 0.4) is 0 Å². The van der Waals surface area contributed by atoms with Crippen LogP contribution in [-0.2, 0) is 4.79 Å². The van der Waals surface area contributed by atoms with Crippen molar-refractivity contribution in [1.29, 1.82) is 0 Å². The Balaban J connectivity index is 2.81. The largest absolute Gasteiger partial charge is 0.515 e. The van der Waals surface area contributed by atoms with Crippen molar-refractivity contribution < 1.29 is 9.90 Å². The molecule has 0 fully saturated rings. The molecule has 0 unspecified atom stereocenters. The van der Waals surface area contributed by atoms with E-state index in [1.807, 2.05) is 13.0 Å². The number of rotatable bonds is 3. The van der Waals surface area contributed by atoms with Crippen LogP contribution in [0.2, 0.25) is 0 Å². The predicted molar refractivity (Wildman–Crippen MR) is 57.0 cm³/mol. The first-order chi connectivity index (χ1) is 7.13. The molecule has 1 aromatic rings. The van der Waals surface area contributed by atoms with Crippen LogP contribution in [0.25, 0.3) is 0 Å². The van der Waals surface area contributed by atoms with Gasteiger partial charge in [0.15, 0.2) is 5.82 Å². The van der Waals surface area contributed by atoms with Gasteiger partial charge in [-0.25, -0.2) is 9.98 Å². The average Bonchev–Trinajstić information content (AvgIpc) is 2.21. The fourth-order valence-electron chi connectivity index (χ4n) is 0.833. The van der Waals surface area contributed by atoms with Crippen molar-refractivity contribution in [2.24, 2.45) is 10.7 Å². The van der Waals surface area contributed by atoms with Crippen molar-refractivity contribution in [3.05, 3.63) is 35.7 Å². The molecule has 78 valence electrons. The molecule has 5 nitrogen and oxygen atoms in total. The summed E-state index contributed by atoms with van der Waals surface area (Å²) in [6.45, 7) is 1.91. The lowest BCUT2D eigenvalue weighted by Gasteiger charge is -1.94. The number of nitrogens with zero attached hydrogens (tertiary/aromatic N) is 2. The lowest BCUT2D eigenvalue weighted by atomic mass is 10.3. The first-order valence-corrected chi connectivity index (χ1v) is 4.24. The van der Waals surface area contributed by atoms with Crippen molar-refractivity contribution in [3.8, 4) is 0 Å². The highest BCUT2D eigenvalue weighted by atomic mass is 16.2. The Labute approximate surface area is 87.0 Å². The van der Waals surface area contributed by atoms with Crippen LogP contribution in [0.5, 0.6) is 0 Å². The molecule has 3 N–H and O–H groups in total. The number of aromatic nitrogens is 1. The van der Waals surface area contributed by atoms with Gasteiger partial charge < -0.3 is 10.8 Å². The molecule has 0 aromatic carbocycles. The van der Waals surface area contributed by atoms with E-state index in [-0.39, 0.29) is 5.57 Å². The lowest BCUT2D eigenvalue weighted by Crippen LogP contribution is -2.14. The number of pyridine rings is 1. The van der Waals surface area contributed by atoms with Crippen LogP contribution < -0.4 is 5.73 Å². The summed E-state index contributed by atoms with van der Waals surface area (Å²) in [5.74, 6) is -0.297. The normalized spacial score (nSPS) is 11.9. The summed E-state index contributed by atoms with van der Waals surface area (Å²) in [7, 11) is 0. The average molecular weight is 205 g/mol. The number of carbonyl (C=O) groups is 1. The van der Waals surface area contributed by atoms with Crippen LogP contribution in [0.4, 0.5) is 5.82 Å². The molecule has 0 atom stereocenters. The number of aliphatic hydroxyl groups excluding tert-OH is 1. The molecule has 1 rings (SSSR count). The molecule has 0 saturated heterocycles. The van der Waals surface area contributed by atoms with Gasteiger partial charge >= 0.3 is 0 Å². The summed E-state index contributed by atoms with van der Waals surface area (Å²) in [6.07, 6.45) is 3.43. The van der Waals surface area contributed by atoms with Gasteiger partial charge in [-0.3, -0.25) is 4.79 Å². The van der Waals surface area contributed by atoms with Gasteiger partial charge in [-0.05, 0) is 18.6 Å².